The summed E-state index contributed by atoms with van der Waals surface area (Å²) in [5.41, 5.74) is 3.39. The predicted molar refractivity (Wildman–Crippen MR) is 87.5 cm³/mol. The SMILES string of the molecule is COC(=O)c1ccc(-n2c(C)cc(C(=O)COC(C)=O)c2C)cc1. The molecule has 0 aliphatic heterocycles. The highest BCUT2D eigenvalue weighted by Gasteiger charge is 2.17. The number of carbonyl (C=O) groups excluding carboxylic acids is 3. The third-order valence-corrected chi connectivity index (χ3v) is 3.68. The van der Waals surface area contributed by atoms with E-state index in [-0.39, 0.29) is 12.4 Å². The first-order chi connectivity index (χ1) is 11.3. The van der Waals surface area contributed by atoms with Crippen molar-refractivity contribution in [3.63, 3.8) is 0 Å². The molecule has 6 heteroatoms. The second-order valence-electron chi connectivity index (χ2n) is 5.36. The first kappa shape index (κ1) is 17.5. The Balaban J connectivity index is 2.33. The second kappa shape index (κ2) is 7.12. The highest BCUT2D eigenvalue weighted by atomic mass is 16.5. The van der Waals surface area contributed by atoms with E-state index in [0.717, 1.165) is 17.1 Å². The summed E-state index contributed by atoms with van der Waals surface area (Å²) < 4.78 is 11.4. The summed E-state index contributed by atoms with van der Waals surface area (Å²) in [4.78, 5) is 34.6. The van der Waals surface area contributed by atoms with E-state index in [1.807, 2.05) is 18.4 Å². The molecule has 2 rings (SSSR count). The molecule has 0 spiro atoms. The van der Waals surface area contributed by atoms with Crippen LogP contribution >= 0.6 is 0 Å². The van der Waals surface area contributed by atoms with Crippen LogP contribution in [-0.2, 0) is 14.3 Å². The van der Waals surface area contributed by atoms with Gasteiger partial charge in [-0.2, -0.15) is 0 Å². The van der Waals surface area contributed by atoms with Gasteiger partial charge < -0.3 is 14.0 Å². The number of aryl methyl sites for hydroxylation is 1. The molecule has 0 amide bonds. The zero-order chi connectivity index (χ0) is 17.9. The van der Waals surface area contributed by atoms with E-state index in [9.17, 15) is 14.4 Å². The van der Waals surface area contributed by atoms with E-state index >= 15 is 0 Å². The van der Waals surface area contributed by atoms with Gasteiger partial charge in [-0.1, -0.05) is 0 Å². The lowest BCUT2D eigenvalue weighted by Gasteiger charge is -2.10. The summed E-state index contributed by atoms with van der Waals surface area (Å²) in [6.45, 7) is 4.69. The fourth-order valence-electron chi connectivity index (χ4n) is 2.55. The summed E-state index contributed by atoms with van der Waals surface area (Å²) >= 11 is 0. The van der Waals surface area contributed by atoms with Gasteiger partial charge in [0, 0.05) is 29.6 Å². The number of rotatable bonds is 5. The Morgan fingerprint density at radius 2 is 1.71 bits per heavy atom. The molecular formula is C18H19NO5. The number of esters is 2. The molecule has 1 heterocycles. The molecule has 0 fully saturated rings. The lowest BCUT2D eigenvalue weighted by molar-refractivity contribution is -0.139. The van der Waals surface area contributed by atoms with Crippen molar-refractivity contribution >= 4 is 17.7 Å². The number of carbonyl (C=O) groups is 3. The van der Waals surface area contributed by atoms with Crippen LogP contribution in [0.4, 0.5) is 0 Å². The molecule has 0 aliphatic rings. The zero-order valence-corrected chi connectivity index (χ0v) is 14.1. The van der Waals surface area contributed by atoms with Crippen molar-refractivity contribution in [2.75, 3.05) is 13.7 Å². The number of nitrogens with zero attached hydrogens (tertiary/aromatic N) is 1. The van der Waals surface area contributed by atoms with Crippen LogP contribution in [0.15, 0.2) is 30.3 Å². The van der Waals surface area contributed by atoms with Crippen LogP contribution in [-0.4, -0.2) is 36.0 Å². The van der Waals surface area contributed by atoms with Crippen molar-refractivity contribution in [1.29, 1.82) is 0 Å². The molecule has 0 saturated carbocycles. The van der Waals surface area contributed by atoms with Crippen LogP contribution in [0.5, 0.6) is 0 Å². The molecule has 0 saturated heterocycles. The third-order valence-electron chi connectivity index (χ3n) is 3.68. The minimum absolute atomic E-state index is 0.254. The van der Waals surface area contributed by atoms with Crippen LogP contribution in [0.1, 0.15) is 39.0 Å². The molecule has 6 nitrogen and oxygen atoms in total. The highest BCUT2D eigenvalue weighted by Crippen LogP contribution is 2.22. The molecule has 0 N–H and O–H groups in total. The molecule has 1 aromatic carbocycles. The van der Waals surface area contributed by atoms with Crippen LogP contribution in [0.2, 0.25) is 0 Å². The van der Waals surface area contributed by atoms with Crippen LogP contribution < -0.4 is 0 Å². The first-order valence-electron chi connectivity index (χ1n) is 7.39. The highest BCUT2D eigenvalue weighted by molar-refractivity contribution is 5.99. The summed E-state index contributed by atoms with van der Waals surface area (Å²) in [5, 5.41) is 0. The van der Waals surface area contributed by atoms with E-state index in [0.29, 0.717) is 11.1 Å². The molecule has 2 aromatic rings. The van der Waals surface area contributed by atoms with Gasteiger partial charge in [0.1, 0.15) is 0 Å². The third kappa shape index (κ3) is 3.53. The van der Waals surface area contributed by atoms with E-state index in [1.165, 1.54) is 14.0 Å². The number of methoxy groups -OCH3 is 1. The molecule has 0 radical (unpaired) electrons. The quantitative estimate of drug-likeness (QED) is 0.623. The molecule has 0 bridgehead atoms. The van der Waals surface area contributed by atoms with Crippen molar-refractivity contribution in [2.45, 2.75) is 20.8 Å². The monoisotopic (exact) mass is 329 g/mol. The van der Waals surface area contributed by atoms with Crippen LogP contribution in [0, 0.1) is 13.8 Å². The number of ketones is 1. The summed E-state index contributed by atoms with van der Waals surface area (Å²) in [5.74, 6) is -1.15. The van der Waals surface area contributed by atoms with E-state index in [2.05, 4.69) is 4.74 Å². The lowest BCUT2D eigenvalue weighted by atomic mass is 10.1. The fraction of sp³-hybridized carbons (Fsp3) is 0.278. The molecule has 0 unspecified atom stereocenters. The van der Waals surface area contributed by atoms with Gasteiger partial charge in [-0.25, -0.2) is 4.79 Å². The smallest absolute Gasteiger partial charge is 0.337 e. The van der Waals surface area contributed by atoms with Gasteiger partial charge in [0.25, 0.3) is 0 Å². The van der Waals surface area contributed by atoms with Crippen molar-refractivity contribution < 1.29 is 23.9 Å². The average molecular weight is 329 g/mol. The van der Waals surface area contributed by atoms with Crippen LogP contribution in [0.25, 0.3) is 5.69 Å². The number of hydrogen-bond donors (Lipinski definition) is 0. The summed E-state index contributed by atoms with van der Waals surface area (Å²) in [6.07, 6.45) is 0. The zero-order valence-electron chi connectivity index (χ0n) is 14.1. The van der Waals surface area contributed by atoms with Crippen LogP contribution in [0.3, 0.4) is 0 Å². The molecule has 126 valence electrons. The standard InChI is InChI=1S/C18H19NO5/c1-11-9-16(17(21)10-24-13(3)20)12(2)19(11)15-7-5-14(6-8-15)18(22)23-4/h5-9H,10H2,1-4H3. The van der Waals surface area contributed by atoms with Gasteiger partial charge in [0.15, 0.2) is 6.61 Å². The molecule has 24 heavy (non-hydrogen) atoms. The Kier molecular flexibility index (Phi) is 5.18. The minimum Gasteiger partial charge on any atom is -0.465 e. The molecule has 0 aliphatic carbocycles. The lowest BCUT2D eigenvalue weighted by Crippen LogP contribution is -2.12. The first-order valence-corrected chi connectivity index (χ1v) is 7.39. The Morgan fingerprint density at radius 3 is 2.25 bits per heavy atom. The Bertz CT molecular complexity index is 786. The maximum absolute atomic E-state index is 12.2. The molecule has 1 aromatic heterocycles. The number of aromatic nitrogens is 1. The number of Topliss-reactive ketones (excluding diaryl/α,β-unsaturated/α-hetero) is 1. The topological polar surface area (TPSA) is 74.6 Å². The maximum atomic E-state index is 12.2. The van der Waals surface area contributed by atoms with Gasteiger partial charge in [-0.3, -0.25) is 9.59 Å². The predicted octanol–water partition coefficient (Wildman–Crippen LogP) is 2.63. The van der Waals surface area contributed by atoms with Gasteiger partial charge in [-0.05, 0) is 44.2 Å². The fourth-order valence-corrected chi connectivity index (χ4v) is 2.55. The largest absolute Gasteiger partial charge is 0.465 e. The Labute approximate surface area is 140 Å². The Morgan fingerprint density at radius 1 is 1.08 bits per heavy atom. The average Bonchev–Trinajstić information content (AvgIpc) is 2.86. The van der Waals surface area contributed by atoms with Crippen molar-refractivity contribution in [3.05, 3.63) is 52.8 Å². The normalized spacial score (nSPS) is 10.3. The van der Waals surface area contributed by atoms with Crippen molar-refractivity contribution in [2.24, 2.45) is 0 Å². The second-order valence-corrected chi connectivity index (χ2v) is 5.36. The summed E-state index contributed by atoms with van der Waals surface area (Å²) in [7, 11) is 1.33. The number of ether oxygens (including phenoxy) is 2. The number of benzene rings is 1. The molecular weight excluding hydrogens is 310 g/mol. The number of hydrogen-bond acceptors (Lipinski definition) is 5. The van der Waals surface area contributed by atoms with Gasteiger partial charge in [0.2, 0.25) is 5.78 Å². The van der Waals surface area contributed by atoms with E-state index in [1.54, 1.807) is 30.3 Å². The van der Waals surface area contributed by atoms with Gasteiger partial charge in [0.05, 0.1) is 12.7 Å². The Hall–Kier alpha value is -2.89. The molecule has 0 atom stereocenters. The summed E-state index contributed by atoms with van der Waals surface area (Å²) in [6, 6.07) is 8.66. The van der Waals surface area contributed by atoms with Crippen molar-refractivity contribution in [3.8, 4) is 5.69 Å². The van der Waals surface area contributed by atoms with E-state index < -0.39 is 11.9 Å². The van der Waals surface area contributed by atoms with Gasteiger partial charge in [-0.15, -0.1) is 0 Å². The van der Waals surface area contributed by atoms with Gasteiger partial charge >= 0.3 is 11.9 Å². The van der Waals surface area contributed by atoms with Crippen molar-refractivity contribution in [1.82, 2.24) is 4.57 Å². The minimum atomic E-state index is -0.490. The maximum Gasteiger partial charge on any atom is 0.337 e. The van der Waals surface area contributed by atoms with E-state index in [4.69, 9.17) is 4.74 Å².